The first-order valence-electron chi connectivity index (χ1n) is 13.2. The number of nitrogens with zero attached hydrogens (tertiary/aromatic N) is 2. The van der Waals surface area contributed by atoms with Crippen LogP contribution < -0.4 is 9.62 Å². The highest BCUT2D eigenvalue weighted by Crippen LogP contribution is 2.23. The molecule has 0 spiro atoms. The van der Waals surface area contributed by atoms with Gasteiger partial charge in [0.25, 0.3) is 0 Å². The molecule has 38 heavy (non-hydrogen) atoms. The molecule has 1 saturated carbocycles. The van der Waals surface area contributed by atoms with Crippen molar-refractivity contribution in [2.75, 3.05) is 17.1 Å². The second-order valence-corrected chi connectivity index (χ2v) is 12.6. The summed E-state index contributed by atoms with van der Waals surface area (Å²) in [6, 6.07) is 13.3. The van der Waals surface area contributed by atoms with E-state index in [0.29, 0.717) is 22.2 Å². The molecule has 10 heteroatoms. The second-order valence-electron chi connectivity index (χ2n) is 9.83. The molecule has 2 aromatic carbocycles. The van der Waals surface area contributed by atoms with E-state index in [1.54, 1.807) is 41.3 Å². The number of carbonyl (C=O) groups excluding carboxylic acids is 2. The third-order valence-electron chi connectivity index (χ3n) is 6.85. The minimum absolute atomic E-state index is 0.0907. The molecule has 3 rings (SSSR count). The average Bonchev–Trinajstić information content (AvgIpc) is 2.87. The maximum absolute atomic E-state index is 13.6. The van der Waals surface area contributed by atoms with Crippen LogP contribution in [0, 0.1) is 0 Å². The van der Waals surface area contributed by atoms with Crippen LogP contribution in [0.25, 0.3) is 0 Å². The number of nitrogens with one attached hydrogen (secondary N) is 1. The summed E-state index contributed by atoms with van der Waals surface area (Å²) in [7, 11) is -3.58. The van der Waals surface area contributed by atoms with Crippen molar-refractivity contribution >= 4 is 50.7 Å². The lowest BCUT2D eigenvalue weighted by Gasteiger charge is -2.33. The summed E-state index contributed by atoms with van der Waals surface area (Å²) >= 11 is 12.1. The molecule has 2 aromatic rings. The molecule has 208 valence electrons. The number of rotatable bonds is 12. The molecule has 0 heterocycles. The summed E-state index contributed by atoms with van der Waals surface area (Å²) in [5, 5.41) is 4.19. The predicted octanol–water partition coefficient (Wildman–Crippen LogP) is 5.80. The highest BCUT2D eigenvalue weighted by Gasteiger charge is 2.30. The van der Waals surface area contributed by atoms with Crippen molar-refractivity contribution in [3.8, 4) is 0 Å². The van der Waals surface area contributed by atoms with Crippen molar-refractivity contribution in [3.05, 3.63) is 64.1 Å². The summed E-state index contributed by atoms with van der Waals surface area (Å²) < 4.78 is 26.2. The van der Waals surface area contributed by atoms with Crippen molar-refractivity contribution in [1.29, 1.82) is 0 Å². The van der Waals surface area contributed by atoms with Crippen LogP contribution in [-0.4, -0.2) is 50.0 Å². The summed E-state index contributed by atoms with van der Waals surface area (Å²) in [5.41, 5.74) is 1.31. The van der Waals surface area contributed by atoms with E-state index in [-0.39, 0.29) is 43.8 Å². The Labute approximate surface area is 236 Å². The van der Waals surface area contributed by atoms with Crippen LogP contribution in [0.5, 0.6) is 0 Å². The third kappa shape index (κ3) is 8.89. The SMILES string of the molecule is CCC(C(=O)NC1CCCCC1)N(Cc1ccc(Cl)cc1)C(=O)CCCN(c1cccc(Cl)c1)S(C)(=O)=O. The first-order chi connectivity index (χ1) is 18.1. The lowest BCUT2D eigenvalue weighted by Crippen LogP contribution is -2.51. The molecule has 0 saturated heterocycles. The second kappa shape index (κ2) is 14.2. The molecule has 1 unspecified atom stereocenters. The zero-order valence-corrected chi connectivity index (χ0v) is 24.4. The number of hydrogen-bond acceptors (Lipinski definition) is 4. The number of amides is 2. The molecule has 1 aliphatic rings. The lowest BCUT2D eigenvalue weighted by molar-refractivity contribution is -0.141. The topological polar surface area (TPSA) is 86.8 Å². The number of carbonyl (C=O) groups is 2. The van der Waals surface area contributed by atoms with Gasteiger partial charge >= 0.3 is 0 Å². The molecular weight excluding hydrogens is 545 g/mol. The molecule has 1 N–H and O–H groups in total. The van der Waals surface area contributed by atoms with Crippen molar-refractivity contribution in [1.82, 2.24) is 10.2 Å². The van der Waals surface area contributed by atoms with Crippen molar-refractivity contribution in [2.24, 2.45) is 0 Å². The molecule has 1 aliphatic carbocycles. The fourth-order valence-corrected chi connectivity index (χ4v) is 6.15. The van der Waals surface area contributed by atoms with E-state index in [0.717, 1.165) is 37.5 Å². The van der Waals surface area contributed by atoms with Gasteiger partial charge in [0.1, 0.15) is 6.04 Å². The van der Waals surface area contributed by atoms with Gasteiger partial charge in [-0.3, -0.25) is 13.9 Å². The summed E-state index contributed by atoms with van der Waals surface area (Å²) in [4.78, 5) is 28.5. The third-order valence-corrected chi connectivity index (χ3v) is 8.53. The normalized spacial score (nSPS) is 15.1. The van der Waals surface area contributed by atoms with Crippen LogP contribution in [0.4, 0.5) is 5.69 Å². The van der Waals surface area contributed by atoms with Crippen LogP contribution in [-0.2, 0) is 26.2 Å². The number of benzene rings is 2. The van der Waals surface area contributed by atoms with Crippen molar-refractivity contribution < 1.29 is 18.0 Å². The first-order valence-corrected chi connectivity index (χ1v) is 15.8. The lowest BCUT2D eigenvalue weighted by atomic mass is 9.95. The van der Waals surface area contributed by atoms with Gasteiger partial charge in [-0.2, -0.15) is 0 Å². The van der Waals surface area contributed by atoms with E-state index in [9.17, 15) is 18.0 Å². The minimum atomic E-state index is -3.58. The maximum Gasteiger partial charge on any atom is 0.243 e. The standard InChI is InChI=1S/C28H37Cl2N3O4S/c1-3-26(28(35)31-24-10-5-4-6-11-24)32(20-21-14-16-22(29)17-15-21)27(34)13-8-18-33(38(2,36)37)25-12-7-9-23(30)19-25/h7,9,12,14-17,19,24,26H,3-6,8,10-11,13,18,20H2,1-2H3,(H,31,35). The van der Waals surface area contributed by atoms with E-state index in [4.69, 9.17) is 23.2 Å². The van der Waals surface area contributed by atoms with Gasteiger partial charge in [-0.1, -0.05) is 67.6 Å². The number of sulfonamides is 1. The fraction of sp³-hybridized carbons (Fsp3) is 0.500. The quantitative estimate of drug-likeness (QED) is 0.343. The van der Waals surface area contributed by atoms with Crippen LogP contribution in [0.2, 0.25) is 10.0 Å². The van der Waals surface area contributed by atoms with Crippen LogP contribution in [0.15, 0.2) is 48.5 Å². The Bertz CT molecular complexity index is 1180. The van der Waals surface area contributed by atoms with Gasteiger partial charge in [0.05, 0.1) is 11.9 Å². The molecule has 0 aromatic heterocycles. The van der Waals surface area contributed by atoms with Gasteiger partial charge in [0.15, 0.2) is 0 Å². The minimum Gasteiger partial charge on any atom is -0.352 e. The summed E-state index contributed by atoms with van der Waals surface area (Å²) in [6.07, 6.45) is 7.27. The summed E-state index contributed by atoms with van der Waals surface area (Å²) in [6.45, 7) is 2.28. The molecular formula is C28H37Cl2N3O4S. The first kappa shape index (κ1) is 30.3. The van der Waals surface area contributed by atoms with Crippen molar-refractivity contribution in [2.45, 2.75) is 76.9 Å². The monoisotopic (exact) mass is 581 g/mol. The Hall–Kier alpha value is -2.29. The van der Waals surface area contributed by atoms with E-state index >= 15 is 0 Å². The Kier molecular flexibility index (Phi) is 11.3. The van der Waals surface area contributed by atoms with Gasteiger partial charge in [-0.25, -0.2) is 8.42 Å². The Balaban J connectivity index is 1.75. The number of anilines is 1. The van der Waals surface area contributed by atoms with E-state index in [1.807, 2.05) is 19.1 Å². The zero-order chi connectivity index (χ0) is 27.7. The smallest absolute Gasteiger partial charge is 0.243 e. The van der Waals surface area contributed by atoms with Gasteiger partial charge in [0, 0.05) is 35.6 Å². The molecule has 1 fully saturated rings. The highest BCUT2D eigenvalue weighted by atomic mass is 35.5. The van der Waals surface area contributed by atoms with Gasteiger partial charge < -0.3 is 10.2 Å². The van der Waals surface area contributed by atoms with Crippen molar-refractivity contribution in [3.63, 3.8) is 0 Å². The molecule has 1 atom stereocenters. The molecule has 0 bridgehead atoms. The van der Waals surface area contributed by atoms with Crippen LogP contribution in [0.3, 0.4) is 0 Å². The Morgan fingerprint density at radius 1 is 1.03 bits per heavy atom. The van der Waals surface area contributed by atoms with Crippen LogP contribution >= 0.6 is 23.2 Å². The highest BCUT2D eigenvalue weighted by molar-refractivity contribution is 7.92. The van der Waals surface area contributed by atoms with Gasteiger partial charge in [-0.15, -0.1) is 0 Å². The van der Waals surface area contributed by atoms with Crippen LogP contribution in [0.1, 0.15) is 63.9 Å². The Morgan fingerprint density at radius 3 is 2.32 bits per heavy atom. The number of halogens is 2. The fourth-order valence-electron chi connectivity index (χ4n) is 4.89. The molecule has 2 amide bonds. The average molecular weight is 583 g/mol. The van der Waals surface area contributed by atoms with E-state index in [2.05, 4.69) is 5.32 Å². The predicted molar refractivity (Wildman–Crippen MR) is 154 cm³/mol. The number of hydrogen-bond donors (Lipinski definition) is 1. The Morgan fingerprint density at radius 2 is 1.71 bits per heavy atom. The van der Waals surface area contributed by atoms with E-state index in [1.165, 1.54) is 10.7 Å². The maximum atomic E-state index is 13.6. The zero-order valence-electron chi connectivity index (χ0n) is 22.0. The molecule has 7 nitrogen and oxygen atoms in total. The van der Waals surface area contributed by atoms with E-state index < -0.39 is 16.1 Å². The molecule has 0 radical (unpaired) electrons. The molecule has 0 aliphatic heterocycles. The summed E-state index contributed by atoms with van der Waals surface area (Å²) in [5.74, 6) is -0.344. The van der Waals surface area contributed by atoms with Gasteiger partial charge in [0.2, 0.25) is 21.8 Å². The largest absolute Gasteiger partial charge is 0.352 e. The van der Waals surface area contributed by atoms with Gasteiger partial charge in [-0.05, 0) is 61.6 Å².